The highest BCUT2D eigenvalue weighted by Crippen LogP contribution is 2.17. The van der Waals surface area contributed by atoms with Gasteiger partial charge in [0.05, 0.1) is 23.4 Å². The highest BCUT2D eigenvalue weighted by atomic mass is 32.1. The van der Waals surface area contributed by atoms with Crippen molar-refractivity contribution in [2.75, 3.05) is 20.3 Å². The largest absolute Gasteiger partial charge is 0.494 e. The molecular formula is C22H26N2O3S. The van der Waals surface area contributed by atoms with Gasteiger partial charge in [-0.3, -0.25) is 4.79 Å². The fourth-order valence-electron chi connectivity index (χ4n) is 2.89. The van der Waals surface area contributed by atoms with E-state index in [9.17, 15) is 4.79 Å². The first-order valence-electron chi connectivity index (χ1n) is 9.62. The second-order valence-electron chi connectivity index (χ2n) is 6.49. The predicted molar refractivity (Wildman–Crippen MR) is 113 cm³/mol. The summed E-state index contributed by atoms with van der Waals surface area (Å²) in [5.74, 6) is 0.528. The van der Waals surface area contributed by atoms with E-state index in [4.69, 9.17) is 9.47 Å². The fourth-order valence-corrected chi connectivity index (χ4v) is 3.95. The van der Waals surface area contributed by atoms with Crippen molar-refractivity contribution in [1.29, 1.82) is 0 Å². The van der Waals surface area contributed by atoms with E-state index in [-0.39, 0.29) is 5.91 Å². The molecule has 5 nitrogen and oxygen atoms in total. The van der Waals surface area contributed by atoms with E-state index >= 15 is 0 Å². The van der Waals surface area contributed by atoms with Crippen LogP contribution in [-0.2, 0) is 11.3 Å². The maximum Gasteiger partial charge on any atom is 0.279 e. The Labute approximate surface area is 169 Å². The molecule has 0 saturated heterocycles. The molecule has 0 saturated carbocycles. The van der Waals surface area contributed by atoms with Gasteiger partial charge in [0, 0.05) is 19.2 Å². The summed E-state index contributed by atoms with van der Waals surface area (Å²) in [6, 6.07) is 15.3. The van der Waals surface area contributed by atoms with Gasteiger partial charge in [0.15, 0.2) is 4.80 Å². The summed E-state index contributed by atoms with van der Waals surface area (Å²) in [4.78, 5) is 17.7. The van der Waals surface area contributed by atoms with Gasteiger partial charge in [-0.05, 0) is 42.8 Å². The standard InChI is InChI=1S/C22H26N2O3S/c1-3-4-7-15-27-18-12-10-17(11-13-18)21(25)23-22-24(14-16-26-2)19-8-5-6-9-20(19)28-22/h5-6,8-13H,3-4,7,14-16H2,1-2H3. The number of carbonyl (C=O) groups is 1. The number of hydrogen-bond acceptors (Lipinski definition) is 4. The molecule has 0 aliphatic rings. The number of unbranched alkanes of at least 4 members (excludes halogenated alkanes) is 2. The van der Waals surface area contributed by atoms with Crippen LogP contribution in [0.2, 0.25) is 0 Å². The molecule has 0 aliphatic heterocycles. The molecule has 0 aliphatic carbocycles. The Hall–Kier alpha value is -2.44. The second-order valence-corrected chi connectivity index (χ2v) is 7.50. The topological polar surface area (TPSA) is 52.8 Å². The van der Waals surface area contributed by atoms with Crippen LogP contribution in [0.1, 0.15) is 36.5 Å². The molecule has 0 atom stereocenters. The van der Waals surface area contributed by atoms with E-state index in [2.05, 4.69) is 11.9 Å². The Morgan fingerprint density at radius 3 is 2.61 bits per heavy atom. The monoisotopic (exact) mass is 398 g/mol. The van der Waals surface area contributed by atoms with Gasteiger partial charge in [-0.25, -0.2) is 0 Å². The average molecular weight is 399 g/mol. The Kier molecular flexibility index (Phi) is 7.39. The normalized spacial score (nSPS) is 11.9. The molecule has 0 fully saturated rings. The average Bonchev–Trinajstić information content (AvgIpc) is 3.07. The summed E-state index contributed by atoms with van der Waals surface area (Å²) in [6.07, 6.45) is 3.37. The van der Waals surface area contributed by atoms with Crippen molar-refractivity contribution in [2.24, 2.45) is 4.99 Å². The molecule has 0 bridgehead atoms. The van der Waals surface area contributed by atoms with Crippen LogP contribution in [-0.4, -0.2) is 30.8 Å². The molecule has 0 unspecified atom stereocenters. The number of amides is 1. The second kappa shape index (κ2) is 10.2. The van der Waals surface area contributed by atoms with Crippen molar-refractivity contribution >= 4 is 27.5 Å². The minimum absolute atomic E-state index is 0.254. The van der Waals surface area contributed by atoms with E-state index in [1.165, 1.54) is 17.8 Å². The van der Waals surface area contributed by atoms with Crippen LogP contribution in [0, 0.1) is 0 Å². The number of ether oxygens (including phenoxy) is 2. The van der Waals surface area contributed by atoms with Crippen molar-refractivity contribution in [3.8, 4) is 5.75 Å². The zero-order valence-corrected chi connectivity index (χ0v) is 17.2. The van der Waals surface area contributed by atoms with E-state index in [1.54, 1.807) is 19.2 Å². The minimum Gasteiger partial charge on any atom is -0.494 e. The molecule has 28 heavy (non-hydrogen) atoms. The van der Waals surface area contributed by atoms with Gasteiger partial charge >= 0.3 is 0 Å². The molecular weight excluding hydrogens is 372 g/mol. The van der Waals surface area contributed by atoms with Crippen LogP contribution in [0.3, 0.4) is 0 Å². The summed E-state index contributed by atoms with van der Waals surface area (Å²) in [7, 11) is 1.67. The van der Waals surface area contributed by atoms with Crippen LogP contribution in [0.15, 0.2) is 53.5 Å². The summed E-state index contributed by atoms with van der Waals surface area (Å²) >= 11 is 1.51. The van der Waals surface area contributed by atoms with Crippen LogP contribution >= 0.6 is 11.3 Å². The number of nitrogens with zero attached hydrogens (tertiary/aromatic N) is 2. The lowest BCUT2D eigenvalue weighted by molar-refractivity contribution is 0.0997. The summed E-state index contributed by atoms with van der Waals surface area (Å²) in [6.45, 7) is 4.08. The summed E-state index contributed by atoms with van der Waals surface area (Å²) in [5.41, 5.74) is 1.61. The van der Waals surface area contributed by atoms with E-state index < -0.39 is 0 Å². The van der Waals surface area contributed by atoms with Crippen molar-refractivity contribution in [2.45, 2.75) is 32.7 Å². The van der Waals surface area contributed by atoms with Crippen molar-refractivity contribution in [3.05, 3.63) is 58.9 Å². The number of carbonyl (C=O) groups excluding carboxylic acids is 1. The van der Waals surface area contributed by atoms with Crippen molar-refractivity contribution in [1.82, 2.24) is 4.57 Å². The molecule has 3 rings (SSSR count). The summed E-state index contributed by atoms with van der Waals surface area (Å²) < 4.78 is 14.1. The number of rotatable bonds is 9. The third-order valence-corrected chi connectivity index (χ3v) is 5.48. The molecule has 0 radical (unpaired) electrons. The Morgan fingerprint density at radius 1 is 1.07 bits per heavy atom. The number of hydrogen-bond donors (Lipinski definition) is 0. The SMILES string of the molecule is CCCCCOc1ccc(C(=O)N=c2sc3ccccc3n2CCOC)cc1. The van der Waals surface area contributed by atoms with E-state index in [1.807, 2.05) is 41.0 Å². The van der Waals surface area contributed by atoms with Crippen LogP contribution < -0.4 is 9.54 Å². The minimum atomic E-state index is -0.254. The zero-order valence-electron chi connectivity index (χ0n) is 16.4. The van der Waals surface area contributed by atoms with Gasteiger partial charge < -0.3 is 14.0 Å². The highest BCUT2D eigenvalue weighted by Gasteiger charge is 2.09. The van der Waals surface area contributed by atoms with Crippen molar-refractivity contribution < 1.29 is 14.3 Å². The highest BCUT2D eigenvalue weighted by molar-refractivity contribution is 7.16. The number of aromatic nitrogens is 1. The molecule has 0 N–H and O–H groups in total. The van der Waals surface area contributed by atoms with E-state index in [0.29, 0.717) is 30.1 Å². The van der Waals surface area contributed by atoms with Crippen LogP contribution in [0.25, 0.3) is 10.2 Å². The fraction of sp³-hybridized carbons (Fsp3) is 0.364. The lowest BCUT2D eigenvalue weighted by Gasteiger charge is -2.06. The van der Waals surface area contributed by atoms with Gasteiger partial charge in [0.1, 0.15) is 5.75 Å². The molecule has 1 heterocycles. The first-order valence-corrected chi connectivity index (χ1v) is 10.4. The van der Waals surface area contributed by atoms with Gasteiger partial charge in [-0.1, -0.05) is 43.2 Å². The third kappa shape index (κ3) is 5.09. The zero-order chi connectivity index (χ0) is 19.8. The number of benzene rings is 2. The third-order valence-electron chi connectivity index (χ3n) is 4.42. The van der Waals surface area contributed by atoms with Crippen LogP contribution in [0.5, 0.6) is 5.75 Å². The van der Waals surface area contributed by atoms with Gasteiger partial charge in [0.25, 0.3) is 5.91 Å². The quantitative estimate of drug-likeness (QED) is 0.493. The van der Waals surface area contributed by atoms with Crippen molar-refractivity contribution in [3.63, 3.8) is 0 Å². The number of thiazole rings is 1. The molecule has 3 aromatic rings. The van der Waals surface area contributed by atoms with Gasteiger partial charge in [-0.2, -0.15) is 4.99 Å². The Bertz CT molecular complexity index is 973. The molecule has 1 aromatic heterocycles. The number of para-hydroxylation sites is 1. The maximum atomic E-state index is 12.7. The first kappa shape index (κ1) is 20.3. The smallest absolute Gasteiger partial charge is 0.279 e. The molecule has 0 spiro atoms. The molecule has 1 amide bonds. The molecule has 2 aromatic carbocycles. The predicted octanol–water partition coefficient (Wildman–Crippen LogP) is 4.66. The molecule has 6 heteroatoms. The Balaban J connectivity index is 1.80. The van der Waals surface area contributed by atoms with Gasteiger partial charge in [-0.15, -0.1) is 0 Å². The lowest BCUT2D eigenvalue weighted by Crippen LogP contribution is -2.19. The molecule has 148 valence electrons. The maximum absolute atomic E-state index is 12.7. The van der Waals surface area contributed by atoms with E-state index in [0.717, 1.165) is 28.8 Å². The van der Waals surface area contributed by atoms with Gasteiger partial charge in [0.2, 0.25) is 0 Å². The first-order chi connectivity index (χ1) is 13.7. The number of methoxy groups -OCH3 is 1. The summed E-state index contributed by atoms with van der Waals surface area (Å²) in [5, 5.41) is 0. The lowest BCUT2D eigenvalue weighted by atomic mass is 10.2. The van der Waals surface area contributed by atoms with Crippen LogP contribution in [0.4, 0.5) is 0 Å². The number of fused-ring (bicyclic) bond motifs is 1. The Morgan fingerprint density at radius 2 is 1.86 bits per heavy atom.